The van der Waals surface area contributed by atoms with E-state index in [1.165, 1.54) is 11.3 Å². The first kappa shape index (κ1) is 11.4. The average Bonchev–Trinajstić information content (AvgIpc) is 2.69. The minimum Gasteiger partial charge on any atom is -0.342 e. The molecule has 0 radical (unpaired) electrons. The Balaban J connectivity index is 2.17. The smallest absolute Gasteiger partial charge is 0.267 e. The van der Waals surface area contributed by atoms with Gasteiger partial charge >= 0.3 is 0 Å². The molecule has 1 fully saturated rings. The third-order valence-corrected chi connectivity index (χ3v) is 4.17. The quantitative estimate of drug-likeness (QED) is 0.768. The van der Waals surface area contributed by atoms with Gasteiger partial charge in [-0.3, -0.25) is 0 Å². The molecule has 0 amide bonds. The van der Waals surface area contributed by atoms with Gasteiger partial charge in [-0.25, -0.2) is 13.8 Å². The third kappa shape index (κ3) is 2.34. The maximum atomic E-state index is 12.9. The normalized spacial score (nSPS) is 19.9. The van der Waals surface area contributed by atoms with Gasteiger partial charge in [0, 0.05) is 13.0 Å². The first-order valence-electron chi connectivity index (χ1n) is 4.36. The van der Waals surface area contributed by atoms with Crippen LogP contribution < -0.4 is 4.90 Å². The first-order chi connectivity index (χ1) is 7.02. The van der Waals surface area contributed by atoms with E-state index in [2.05, 4.69) is 4.98 Å². The van der Waals surface area contributed by atoms with Gasteiger partial charge in [0.15, 0.2) is 5.13 Å². The van der Waals surface area contributed by atoms with Crippen molar-refractivity contribution in [2.45, 2.75) is 18.2 Å². The largest absolute Gasteiger partial charge is 0.342 e. The molecular formula is C8H8Cl2F2N2S. The highest BCUT2D eigenvalue weighted by molar-refractivity contribution is 7.16. The Morgan fingerprint density at radius 2 is 2.27 bits per heavy atom. The molecule has 0 bridgehead atoms. The predicted octanol–water partition coefficient (Wildman–Crippen LogP) is 3.38. The Morgan fingerprint density at radius 1 is 1.53 bits per heavy atom. The monoisotopic (exact) mass is 272 g/mol. The fourth-order valence-corrected chi connectivity index (χ4v) is 2.94. The highest BCUT2D eigenvalue weighted by Gasteiger charge is 2.39. The van der Waals surface area contributed by atoms with E-state index in [9.17, 15) is 8.78 Å². The molecule has 0 N–H and O–H groups in total. The van der Waals surface area contributed by atoms with Crippen LogP contribution in [0.3, 0.4) is 0 Å². The summed E-state index contributed by atoms with van der Waals surface area (Å²) in [6, 6.07) is 0. The molecule has 1 aliphatic heterocycles. The lowest BCUT2D eigenvalue weighted by atomic mass is 10.3. The van der Waals surface area contributed by atoms with Gasteiger partial charge in [0.05, 0.1) is 17.3 Å². The molecule has 1 aromatic rings. The van der Waals surface area contributed by atoms with Crippen molar-refractivity contribution in [3.05, 3.63) is 10.0 Å². The summed E-state index contributed by atoms with van der Waals surface area (Å²) in [7, 11) is 0. The lowest BCUT2D eigenvalue weighted by Crippen LogP contribution is -2.24. The Morgan fingerprint density at radius 3 is 2.73 bits per heavy atom. The fourth-order valence-electron chi connectivity index (χ4n) is 1.44. The maximum absolute atomic E-state index is 12.9. The fraction of sp³-hybridized carbons (Fsp3) is 0.625. The summed E-state index contributed by atoms with van der Waals surface area (Å²) in [5.74, 6) is -2.35. The van der Waals surface area contributed by atoms with Gasteiger partial charge in [0.2, 0.25) is 0 Å². The second-order valence-electron chi connectivity index (χ2n) is 3.37. The molecule has 0 aromatic carbocycles. The van der Waals surface area contributed by atoms with E-state index in [0.29, 0.717) is 16.8 Å². The molecular weight excluding hydrogens is 265 g/mol. The minimum atomic E-state index is -2.61. The third-order valence-electron chi connectivity index (χ3n) is 2.20. The van der Waals surface area contributed by atoms with E-state index in [1.807, 2.05) is 0 Å². The highest BCUT2D eigenvalue weighted by atomic mass is 35.5. The number of rotatable bonds is 2. The van der Waals surface area contributed by atoms with E-state index < -0.39 is 5.92 Å². The van der Waals surface area contributed by atoms with Gasteiger partial charge in [-0.1, -0.05) is 22.9 Å². The zero-order chi connectivity index (χ0) is 11.1. The van der Waals surface area contributed by atoms with E-state index >= 15 is 0 Å². The second-order valence-corrected chi connectivity index (χ2v) is 5.06. The molecule has 0 aliphatic carbocycles. The Hall–Kier alpha value is -0.130. The summed E-state index contributed by atoms with van der Waals surface area (Å²) in [6.45, 7) is 0.0388. The lowest BCUT2D eigenvalue weighted by Gasteiger charge is -2.13. The summed E-state index contributed by atoms with van der Waals surface area (Å²) in [4.78, 5) is 6.29. The molecule has 0 saturated carbocycles. The van der Waals surface area contributed by atoms with Crippen molar-refractivity contribution >= 4 is 39.7 Å². The molecule has 2 rings (SSSR count). The number of halogens is 4. The van der Waals surface area contributed by atoms with Crippen LogP contribution >= 0.6 is 34.5 Å². The van der Waals surface area contributed by atoms with Crippen molar-refractivity contribution < 1.29 is 8.78 Å². The summed E-state index contributed by atoms with van der Waals surface area (Å²) in [5, 5.41) is 0.855. The molecule has 7 heteroatoms. The van der Waals surface area contributed by atoms with Gasteiger partial charge in [-0.15, -0.1) is 11.6 Å². The SMILES string of the molecule is FC1(F)CCN(c2nc(Cl)c(CCl)s2)C1. The van der Waals surface area contributed by atoms with Crippen molar-refractivity contribution in [1.29, 1.82) is 0 Å². The van der Waals surface area contributed by atoms with E-state index in [1.54, 1.807) is 4.90 Å². The Bertz CT molecular complexity index is 370. The standard InChI is InChI=1S/C8H8Cl2F2N2S/c9-3-5-6(10)13-7(15-5)14-2-1-8(11,12)4-14/h1-4H2. The van der Waals surface area contributed by atoms with Gasteiger partial charge in [0.25, 0.3) is 5.92 Å². The van der Waals surface area contributed by atoms with Crippen LogP contribution in [-0.2, 0) is 5.88 Å². The number of alkyl halides is 3. The Labute approximate surface area is 99.8 Å². The zero-order valence-corrected chi connectivity index (χ0v) is 9.97. The van der Waals surface area contributed by atoms with Crippen LogP contribution in [0.25, 0.3) is 0 Å². The van der Waals surface area contributed by atoms with Crippen LogP contribution in [0.2, 0.25) is 5.15 Å². The van der Waals surface area contributed by atoms with E-state index in [4.69, 9.17) is 23.2 Å². The van der Waals surface area contributed by atoms with Crippen molar-refractivity contribution in [2.24, 2.45) is 0 Å². The van der Waals surface area contributed by atoms with Gasteiger partial charge in [0.1, 0.15) is 5.15 Å². The minimum absolute atomic E-state index is 0.125. The van der Waals surface area contributed by atoms with Crippen LogP contribution in [0.5, 0.6) is 0 Å². The van der Waals surface area contributed by atoms with Crippen LogP contribution in [-0.4, -0.2) is 24.0 Å². The van der Waals surface area contributed by atoms with Crippen LogP contribution in [0.15, 0.2) is 0 Å². The lowest BCUT2D eigenvalue weighted by molar-refractivity contribution is 0.0257. The van der Waals surface area contributed by atoms with Gasteiger partial charge in [-0.05, 0) is 0 Å². The van der Waals surface area contributed by atoms with E-state index in [-0.39, 0.29) is 18.8 Å². The number of thiazole rings is 1. The average molecular weight is 273 g/mol. The molecule has 15 heavy (non-hydrogen) atoms. The van der Waals surface area contributed by atoms with Crippen LogP contribution in [0.1, 0.15) is 11.3 Å². The topological polar surface area (TPSA) is 16.1 Å². The summed E-state index contributed by atoms with van der Waals surface area (Å²) in [6.07, 6.45) is -0.125. The van der Waals surface area contributed by atoms with Crippen molar-refractivity contribution in [2.75, 3.05) is 18.0 Å². The molecule has 1 aliphatic rings. The van der Waals surface area contributed by atoms with Crippen molar-refractivity contribution in [3.8, 4) is 0 Å². The van der Waals surface area contributed by atoms with Crippen molar-refractivity contribution in [3.63, 3.8) is 0 Å². The molecule has 2 heterocycles. The summed E-state index contributed by atoms with van der Waals surface area (Å²) in [5.41, 5.74) is 0. The molecule has 0 unspecified atom stereocenters. The maximum Gasteiger partial charge on any atom is 0.267 e. The summed E-state index contributed by atoms with van der Waals surface area (Å²) >= 11 is 12.7. The molecule has 84 valence electrons. The second kappa shape index (κ2) is 4.03. The molecule has 0 atom stereocenters. The summed E-state index contributed by atoms with van der Waals surface area (Å²) < 4.78 is 25.9. The highest BCUT2D eigenvalue weighted by Crippen LogP contribution is 2.36. The molecule has 1 aromatic heterocycles. The van der Waals surface area contributed by atoms with E-state index in [0.717, 1.165) is 4.88 Å². The number of anilines is 1. The number of aromatic nitrogens is 1. The van der Waals surface area contributed by atoms with Crippen LogP contribution in [0, 0.1) is 0 Å². The predicted molar refractivity (Wildman–Crippen MR) is 58.5 cm³/mol. The number of nitrogens with zero attached hydrogens (tertiary/aromatic N) is 2. The molecule has 0 spiro atoms. The Kier molecular flexibility index (Phi) is 3.05. The molecule has 2 nitrogen and oxygen atoms in total. The number of hydrogen-bond donors (Lipinski definition) is 0. The number of hydrogen-bond acceptors (Lipinski definition) is 3. The molecule has 1 saturated heterocycles. The van der Waals surface area contributed by atoms with Gasteiger partial charge < -0.3 is 4.90 Å². The van der Waals surface area contributed by atoms with Crippen LogP contribution in [0.4, 0.5) is 13.9 Å². The van der Waals surface area contributed by atoms with Gasteiger partial charge in [-0.2, -0.15) is 0 Å². The zero-order valence-electron chi connectivity index (χ0n) is 7.64. The van der Waals surface area contributed by atoms with Crippen molar-refractivity contribution in [1.82, 2.24) is 4.98 Å². The first-order valence-corrected chi connectivity index (χ1v) is 6.09.